The molecule has 0 fully saturated rings. The zero-order chi connectivity index (χ0) is 22.0. The Hall–Kier alpha value is -3.47. The van der Waals surface area contributed by atoms with E-state index in [1.54, 1.807) is 30.3 Å². The topological polar surface area (TPSA) is 202 Å². The second kappa shape index (κ2) is 11.4. The normalized spacial score (nSPS) is 13.6. The number of carboxylic acids is 2. The molecule has 0 aromatic heterocycles. The monoisotopic (exact) mass is 408 g/mol. The number of carboxylic acid groups (broad SMARTS) is 2. The molecule has 3 unspecified atom stereocenters. The lowest BCUT2D eigenvalue weighted by Gasteiger charge is -2.21. The smallest absolute Gasteiger partial charge is 0.326 e. The molecule has 0 aliphatic heterocycles. The molecule has 0 saturated carbocycles. The molecule has 0 aliphatic carbocycles. The Morgan fingerprint density at radius 3 is 2.03 bits per heavy atom. The first-order valence-electron chi connectivity index (χ1n) is 8.73. The highest BCUT2D eigenvalue weighted by Gasteiger charge is 2.29. The van der Waals surface area contributed by atoms with Gasteiger partial charge in [-0.15, -0.1) is 0 Å². The van der Waals surface area contributed by atoms with Crippen LogP contribution in [0.2, 0.25) is 0 Å². The van der Waals surface area contributed by atoms with E-state index in [1.807, 2.05) is 0 Å². The number of benzene rings is 1. The summed E-state index contributed by atoms with van der Waals surface area (Å²) in [6.07, 6.45) is -1.20. The second-order valence-corrected chi connectivity index (χ2v) is 6.36. The number of nitrogens with two attached hydrogens (primary N) is 2. The number of hydrogen-bond acceptors (Lipinski definition) is 6. The number of amides is 3. The van der Waals surface area contributed by atoms with Crippen molar-refractivity contribution in [3.05, 3.63) is 35.9 Å². The van der Waals surface area contributed by atoms with Gasteiger partial charge in [0.1, 0.15) is 12.1 Å². The van der Waals surface area contributed by atoms with Gasteiger partial charge in [0.15, 0.2) is 0 Å². The van der Waals surface area contributed by atoms with Crippen molar-refractivity contribution in [2.75, 3.05) is 0 Å². The summed E-state index contributed by atoms with van der Waals surface area (Å²) in [5.41, 5.74) is 11.6. The van der Waals surface area contributed by atoms with Crippen molar-refractivity contribution in [3.63, 3.8) is 0 Å². The van der Waals surface area contributed by atoms with Crippen molar-refractivity contribution in [2.24, 2.45) is 11.5 Å². The second-order valence-electron chi connectivity index (χ2n) is 6.36. The van der Waals surface area contributed by atoms with Crippen LogP contribution in [0.1, 0.15) is 24.8 Å². The van der Waals surface area contributed by atoms with Gasteiger partial charge in [-0.1, -0.05) is 30.3 Å². The standard InChI is InChI=1S/C18H24N4O7/c19-11(8-10-4-2-1-3-5-10)16(26)22-13(9-15(24)25)17(27)21-12(18(28)29)6-7-14(20)23/h1-5,11-13H,6-9,19H2,(H2,20,23)(H,21,27)(H,22,26)(H,24,25)(H,28,29). The Morgan fingerprint density at radius 2 is 1.52 bits per heavy atom. The van der Waals surface area contributed by atoms with Gasteiger partial charge in [-0.2, -0.15) is 0 Å². The van der Waals surface area contributed by atoms with E-state index in [-0.39, 0.29) is 19.3 Å². The molecule has 0 radical (unpaired) electrons. The Balaban J connectivity index is 2.79. The molecule has 11 nitrogen and oxygen atoms in total. The molecule has 0 bridgehead atoms. The Morgan fingerprint density at radius 1 is 0.931 bits per heavy atom. The van der Waals surface area contributed by atoms with Crippen molar-refractivity contribution >= 4 is 29.7 Å². The molecular weight excluding hydrogens is 384 g/mol. The number of aliphatic carboxylic acids is 2. The summed E-state index contributed by atoms with van der Waals surface area (Å²) in [4.78, 5) is 57.8. The Kier molecular flexibility index (Phi) is 9.26. The SMILES string of the molecule is NC(=O)CCC(NC(=O)C(CC(=O)O)NC(=O)C(N)Cc1ccccc1)C(=O)O. The number of rotatable bonds is 12. The van der Waals surface area contributed by atoms with Crippen LogP contribution < -0.4 is 22.1 Å². The third-order valence-corrected chi connectivity index (χ3v) is 3.94. The number of primary amides is 1. The lowest BCUT2D eigenvalue weighted by atomic mass is 10.0. The minimum atomic E-state index is -1.54. The van der Waals surface area contributed by atoms with E-state index in [2.05, 4.69) is 10.6 Å². The molecule has 11 heteroatoms. The molecule has 0 spiro atoms. The van der Waals surface area contributed by atoms with Crippen molar-refractivity contribution in [1.82, 2.24) is 10.6 Å². The molecule has 0 heterocycles. The maximum atomic E-state index is 12.3. The van der Waals surface area contributed by atoms with Gasteiger partial charge in [0, 0.05) is 6.42 Å². The molecule has 0 saturated heterocycles. The van der Waals surface area contributed by atoms with E-state index in [4.69, 9.17) is 21.7 Å². The Bertz CT molecular complexity index is 754. The molecule has 3 amide bonds. The number of carbonyl (C=O) groups excluding carboxylic acids is 3. The van der Waals surface area contributed by atoms with Gasteiger partial charge in [0.25, 0.3) is 0 Å². The highest BCUT2D eigenvalue weighted by molar-refractivity contribution is 5.94. The maximum Gasteiger partial charge on any atom is 0.326 e. The lowest BCUT2D eigenvalue weighted by Crippen LogP contribution is -2.55. The third-order valence-electron chi connectivity index (χ3n) is 3.94. The first-order valence-corrected chi connectivity index (χ1v) is 8.73. The van der Waals surface area contributed by atoms with Crippen LogP contribution in [0, 0.1) is 0 Å². The highest BCUT2D eigenvalue weighted by Crippen LogP contribution is 2.04. The fourth-order valence-electron chi connectivity index (χ4n) is 2.44. The number of carbonyl (C=O) groups is 5. The van der Waals surface area contributed by atoms with E-state index in [9.17, 15) is 24.0 Å². The van der Waals surface area contributed by atoms with E-state index in [1.165, 1.54) is 0 Å². The predicted molar refractivity (Wildman–Crippen MR) is 100 cm³/mol. The summed E-state index contributed by atoms with van der Waals surface area (Å²) in [6.45, 7) is 0. The van der Waals surface area contributed by atoms with E-state index in [0.29, 0.717) is 0 Å². The van der Waals surface area contributed by atoms with Crippen molar-refractivity contribution in [1.29, 1.82) is 0 Å². The van der Waals surface area contributed by atoms with Gasteiger partial charge in [0.05, 0.1) is 12.5 Å². The summed E-state index contributed by atoms with van der Waals surface area (Å²) in [7, 11) is 0. The van der Waals surface area contributed by atoms with Crippen LogP contribution in [0.3, 0.4) is 0 Å². The quantitative estimate of drug-likeness (QED) is 0.236. The van der Waals surface area contributed by atoms with Gasteiger partial charge < -0.3 is 32.3 Å². The molecule has 3 atom stereocenters. The van der Waals surface area contributed by atoms with Crippen LogP contribution in [0.25, 0.3) is 0 Å². The minimum Gasteiger partial charge on any atom is -0.481 e. The lowest BCUT2D eigenvalue weighted by molar-refractivity contribution is -0.143. The molecule has 1 aromatic rings. The van der Waals surface area contributed by atoms with Crippen molar-refractivity contribution in [3.8, 4) is 0 Å². The molecule has 8 N–H and O–H groups in total. The van der Waals surface area contributed by atoms with Crippen LogP contribution in [0.5, 0.6) is 0 Å². The summed E-state index contributed by atoms with van der Waals surface area (Å²) in [5, 5.41) is 22.5. The zero-order valence-electron chi connectivity index (χ0n) is 15.5. The number of nitrogens with one attached hydrogen (secondary N) is 2. The minimum absolute atomic E-state index is 0.157. The summed E-state index contributed by atoms with van der Waals surface area (Å²) >= 11 is 0. The summed E-state index contributed by atoms with van der Waals surface area (Å²) in [5.74, 6) is -5.36. The maximum absolute atomic E-state index is 12.3. The van der Waals surface area contributed by atoms with Gasteiger partial charge in [-0.05, 0) is 18.4 Å². The molecule has 1 rings (SSSR count). The summed E-state index contributed by atoms with van der Waals surface area (Å²) < 4.78 is 0. The third kappa shape index (κ3) is 8.84. The van der Waals surface area contributed by atoms with Gasteiger partial charge in [0.2, 0.25) is 17.7 Å². The van der Waals surface area contributed by atoms with Crippen LogP contribution in [-0.2, 0) is 30.4 Å². The average Bonchev–Trinajstić information content (AvgIpc) is 2.64. The van der Waals surface area contributed by atoms with Crippen molar-refractivity contribution in [2.45, 2.75) is 43.8 Å². The average molecular weight is 408 g/mol. The largest absolute Gasteiger partial charge is 0.481 e. The van der Waals surface area contributed by atoms with Gasteiger partial charge >= 0.3 is 11.9 Å². The molecular formula is C18H24N4O7. The number of hydrogen-bond donors (Lipinski definition) is 6. The van der Waals surface area contributed by atoms with E-state index in [0.717, 1.165) is 5.56 Å². The first-order chi connectivity index (χ1) is 13.6. The highest BCUT2D eigenvalue weighted by atomic mass is 16.4. The first kappa shape index (κ1) is 23.6. The molecule has 29 heavy (non-hydrogen) atoms. The Labute approximate surface area is 166 Å². The van der Waals surface area contributed by atoms with Crippen LogP contribution in [-0.4, -0.2) is 58.0 Å². The zero-order valence-corrected chi connectivity index (χ0v) is 15.5. The van der Waals surface area contributed by atoms with E-state index >= 15 is 0 Å². The molecule has 1 aromatic carbocycles. The fraction of sp³-hybridized carbons (Fsp3) is 0.389. The van der Waals surface area contributed by atoms with Gasteiger partial charge in [-0.25, -0.2) is 4.79 Å². The van der Waals surface area contributed by atoms with Crippen LogP contribution in [0.15, 0.2) is 30.3 Å². The van der Waals surface area contributed by atoms with Crippen LogP contribution >= 0.6 is 0 Å². The van der Waals surface area contributed by atoms with Crippen molar-refractivity contribution < 1.29 is 34.2 Å². The molecule has 158 valence electrons. The fourth-order valence-corrected chi connectivity index (χ4v) is 2.44. The molecule has 0 aliphatic rings. The predicted octanol–water partition coefficient (Wildman–Crippen LogP) is -1.65. The van der Waals surface area contributed by atoms with Crippen LogP contribution in [0.4, 0.5) is 0 Å². The van der Waals surface area contributed by atoms with E-state index < -0.39 is 54.2 Å². The van der Waals surface area contributed by atoms with Gasteiger partial charge in [-0.3, -0.25) is 19.2 Å². The summed E-state index contributed by atoms with van der Waals surface area (Å²) in [6, 6.07) is 4.76.